The summed E-state index contributed by atoms with van der Waals surface area (Å²) in [4.78, 5) is 35.7. The number of anilines is 1. The molecule has 2 rings (SSSR count). The number of pyridine rings is 1. The van der Waals surface area contributed by atoms with Crippen molar-refractivity contribution in [2.45, 2.75) is 33.2 Å². The van der Waals surface area contributed by atoms with Gasteiger partial charge in [-0.15, -0.1) is 0 Å². The first kappa shape index (κ1) is 16.8. The fraction of sp³-hybridized carbons (Fsp3) is 0.438. The number of carbonyl (C=O) groups is 2. The molecule has 0 saturated heterocycles. The van der Waals surface area contributed by atoms with Crippen LogP contribution >= 0.6 is 0 Å². The van der Waals surface area contributed by atoms with Crippen LogP contribution < -0.4 is 10.4 Å². The van der Waals surface area contributed by atoms with E-state index in [0.29, 0.717) is 30.8 Å². The molecule has 0 spiro atoms. The minimum absolute atomic E-state index is 0.184. The van der Waals surface area contributed by atoms with Gasteiger partial charge in [-0.3, -0.25) is 19.4 Å². The third-order valence-corrected chi connectivity index (χ3v) is 4.07. The Morgan fingerprint density at radius 2 is 2.09 bits per heavy atom. The van der Waals surface area contributed by atoms with Crippen LogP contribution in [-0.4, -0.2) is 40.2 Å². The number of aliphatic carboxylic acids is 1. The molecule has 2 heterocycles. The Labute approximate surface area is 134 Å². The third-order valence-electron chi connectivity index (χ3n) is 4.07. The molecule has 7 heteroatoms. The van der Waals surface area contributed by atoms with Crippen molar-refractivity contribution in [3.8, 4) is 0 Å². The van der Waals surface area contributed by atoms with Crippen molar-refractivity contribution in [1.82, 2.24) is 9.58 Å². The van der Waals surface area contributed by atoms with Gasteiger partial charge >= 0.3 is 5.97 Å². The van der Waals surface area contributed by atoms with Gasteiger partial charge in [0.15, 0.2) is 0 Å². The largest absolute Gasteiger partial charge is 0.481 e. The lowest BCUT2D eigenvalue weighted by molar-refractivity contribution is -0.138. The van der Waals surface area contributed by atoms with E-state index in [9.17, 15) is 14.4 Å². The number of hydrogen-bond donors (Lipinski definition) is 1. The number of carbonyl (C=O) groups excluding carboxylic acids is 1. The predicted octanol–water partition coefficient (Wildman–Crippen LogP) is 1.24. The molecule has 1 N–H and O–H groups in total. The molecule has 0 atom stereocenters. The summed E-state index contributed by atoms with van der Waals surface area (Å²) in [5, 5.41) is 11.9. The summed E-state index contributed by atoms with van der Waals surface area (Å²) in [7, 11) is 1.65. The summed E-state index contributed by atoms with van der Waals surface area (Å²) in [6.45, 7) is 4.86. The zero-order valence-corrected chi connectivity index (χ0v) is 13.6. The number of aromatic nitrogens is 1. The first-order valence-electron chi connectivity index (χ1n) is 7.51. The van der Waals surface area contributed by atoms with Crippen molar-refractivity contribution in [3.63, 3.8) is 0 Å². The van der Waals surface area contributed by atoms with Crippen molar-refractivity contribution in [3.05, 3.63) is 39.8 Å². The maximum absolute atomic E-state index is 12.6. The quantitative estimate of drug-likeness (QED) is 0.883. The second kappa shape index (κ2) is 6.68. The summed E-state index contributed by atoms with van der Waals surface area (Å²) in [6, 6.07) is 1.46. The lowest BCUT2D eigenvalue weighted by atomic mass is 9.99. The second-order valence-corrected chi connectivity index (χ2v) is 5.56. The number of aryl methyl sites for hydroxylation is 1. The number of carboxylic acids is 1. The Morgan fingerprint density at radius 1 is 1.39 bits per heavy atom. The third kappa shape index (κ3) is 3.44. The molecule has 0 aliphatic carbocycles. The molecular weight excluding hydrogens is 298 g/mol. The molecule has 0 radical (unpaired) electrons. The van der Waals surface area contributed by atoms with Crippen LogP contribution in [0.1, 0.15) is 26.7 Å². The van der Waals surface area contributed by atoms with Gasteiger partial charge < -0.3 is 9.67 Å². The number of nitrogens with zero attached hydrogens (tertiary/aromatic N) is 3. The standard InChI is InChI=1S/C16H21N3O4/c1-4-18-7-6-14(20)13(10-18)17(3)19-8-5-11(2)12(16(19)23)9-15(21)22/h6-7,10H,4-5,8-9H2,1-3H3,(H,21,22). The van der Waals surface area contributed by atoms with Crippen molar-refractivity contribution in [1.29, 1.82) is 0 Å². The first-order valence-corrected chi connectivity index (χ1v) is 7.51. The van der Waals surface area contributed by atoms with Gasteiger partial charge in [0, 0.05) is 44.2 Å². The minimum Gasteiger partial charge on any atom is -0.481 e. The van der Waals surface area contributed by atoms with Crippen LogP contribution in [0, 0.1) is 0 Å². The van der Waals surface area contributed by atoms with E-state index in [2.05, 4.69) is 0 Å². The lowest BCUT2D eigenvalue weighted by Crippen LogP contribution is -2.49. The summed E-state index contributed by atoms with van der Waals surface area (Å²) < 4.78 is 1.85. The number of rotatable bonds is 5. The van der Waals surface area contributed by atoms with Gasteiger partial charge in [-0.25, -0.2) is 5.01 Å². The van der Waals surface area contributed by atoms with Crippen LogP contribution in [0.25, 0.3) is 0 Å². The molecule has 0 fully saturated rings. The van der Waals surface area contributed by atoms with Crippen molar-refractivity contribution in [2.75, 3.05) is 18.6 Å². The highest BCUT2D eigenvalue weighted by atomic mass is 16.4. The van der Waals surface area contributed by atoms with Gasteiger partial charge in [0.1, 0.15) is 5.69 Å². The smallest absolute Gasteiger partial charge is 0.308 e. The fourth-order valence-electron chi connectivity index (χ4n) is 2.61. The lowest BCUT2D eigenvalue weighted by Gasteiger charge is -2.37. The Kier molecular flexibility index (Phi) is 4.88. The van der Waals surface area contributed by atoms with Crippen molar-refractivity contribution < 1.29 is 14.7 Å². The molecule has 0 saturated carbocycles. The van der Waals surface area contributed by atoms with Crippen LogP contribution in [-0.2, 0) is 16.1 Å². The van der Waals surface area contributed by atoms with Gasteiger partial charge in [-0.1, -0.05) is 5.57 Å². The maximum atomic E-state index is 12.6. The molecule has 0 aromatic carbocycles. The summed E-state index contributed by atoms with van der Waals surface area (Å²) in [6.07, 6.45) is 3.67. The van der Waals surface area contributed by atoms with Crippen LogP contribution in [0.5, 0.6) is 0 Å². The van der Waals surface area contributed by atoms with Crippen molar-refractivity contribution in [2.24, 2.45) is 0 Å². The Bertz CT molecular complexity index is 720. The normalized spacial score (nSPS) is 15.1. The zero-order valence-electron chi connectivity index (χ0n) is 13.6. The maximum Gasteiger partial charge on any atom is 0.308 e. The van der Waals surface area contributed by atoms with Gasteiger partial charge in [-0.05, 0) is 20.3 Å². The van der Waals surface area contributed by atoms with Crippen LogP contribution in [0.15, 0.2) is 34.4 Å². The molecule has 124 valence electrons. The predicted molar refractivity (Wildman–Crippen MR) is 86.1 cm³/mol. The average Bonchev–Trinajstić information content (AvgIpc) is 2.51. The molecule has 1 aromatic heterocycles. The Hall–Kier alpha value is -2.57. The molecule has 7 nitrogen and oxygen atoms in total. The average molecular weight is 319 g/mol. The van der Waals surface area contributed by atoms with Gasteiger partial charge in [0.25, 0.3) is 5.91 Å². The zero-order chi connectivity index (χ0) is 17.1. The number of carboxylic acid groups (broad SMARTS) is 1. The van der Waals surface area contributed by atoms with Gasteiger partial charge in [0.2, 0.25) is 5.43 Å². The highest BCUT2D eigenvalue weighted by Gasteiger charge is 2.30. The molecule has 1 aromatic rings. The highest BCUT2D eigenvalue weighted by molar-refractivity contribution is 5.99. The van der Waals surface area contributed by atoms with Gasteiger partial charge in [-0.2, -0.15) is 0 Å². The fourth-order valence-corrected chi connectivity index (χ4v) is 2.61. The molecule has 0 bridgehead atoms. The minimum atomic E-state index is -1.04. The number of hydrogen-bond acceptors (Lipinski definition) is 4. The molecule has 1 amide bonds. The number of amides is 1. The molecular formula is C16H21N3O4. The monoisotopic (exact) mass is 319 g/mol. The van der Waals surface area contributed by atoms with Crippen LogP contribution in [0.4, 0.5) is 5.69 Å². The molecule has 1 aliphatic rings. The van der Waals surface area contributed by atoms with E-state index >= 15 is 0 Å². The van der Waals surface area contributed by atoms with Gasteiger partial charge in [0.05, 0.1) is 6.42 Å². The molecule has 0 unspecified atom stereocenters. The summed E-state index contributed by atoms with van der Waals surface area (Å²) in [5.74, 6) is -1.39. The van der Waals surface area contributed by atoms with E-state index < -0.39 is 5.97 Å². The van der Waals surface area contributed by atoms with E-state index in [0.717, 1.165) is 5.57 Å². The first-order chi connectivity index (χ1) is 10.8. The van der Waals surface area contributed by atoms with E-state index in [-0.39, 0.29) is 17.8 Å². The number of hydrazine groups is 1. The Balaban J connectivity index is 2.34. The van der Waals surface area contributed by atoms with E-state index in [1.54, 1.807) is 26.4 Å². The topological polar surface area (TPSA) is 82.8 Å². The molecule has 23 heavy (non-hydrogen) atoms. The van der Waals surface area contributed by atoms with Crippen LogP contribution in [0.2, 0.25) is 0 Å². The SMILES string of the molecule is CCn1ccc(=O)c(N(C)N2CCC(C)=C(CC(=O)O)C2=O)c1. The summed E-state index contributed by atoms with van der Waals surface area (Å²) >= 11 is 0. The highest BCUT2D eigenvalue weighted by Crippen LogP contribution is 2.24. The van der Waals surface area contributed by atoms with E-state index in [1.165, 1.54) is 16.1 Å². The van der Waals surface area contributed by atoms with E-state index in [1.807, 2.05) is 11.5 Å². The van der Waals surface area contributed by atoms with Crippen LogP contribution in [0.3, 0.4) is 0 Å². The molecule has 1 aliphatic heterocycles. The second-order valence-electron chi connectivity index (χ2n) is 5.56. The van der Waals surface area contributed by atoms with Crippen molar-refractivity contribution >= 4 is 17.6 Å². The van der Waals surface area contributed by atoms with E-state index in [4.69, 9.17) is 5.11 Å². The summed E-state index contributed by atoms with van der Waals surface area (Å²) in [5.41, 5.74) is 1.29. The Morgan fingerprint density at radius 3 is 2.70 bits per heavy atom.